The summed E-state index contributed by atoms with van der Waals surface area (Å²) in [5.74, 6) is -0.0399. The molecule has 1 aliphatic carbocycles. The van der Waals surface area contributed by atoms with Crippen LogP contribution in [0.4, 0.5) is 0 Å². The first-order valence-corrected chi connectivity index (χ1v) is 9.88. The molecule has 1 amide bonds. The molecule has 1 heterocycles. The van der Waals surface area contributed by atoms with E-state index in [4.69, 9.17) is 4.74 Å². The van der Waals surface area contributed by atoms with Gasteiger partial charge in [-0.3, -0.25) is 9.59 Å². The number of ether oxygens (including phenoxy) is 1. The minimum Gasteiger partial charge on any atom is -0.469 e. The highest BCUT2D eigenvalue weighted by Crippen LogP contribution is 2.24. The number of rotatable bonds is 3. The predicted molar refractivity (Wildman–Crippen MR) is 101 cm³/mol. The number of carbonyl (C=O) groups is 2. The molecule has 0 saturated heterocycles. The van der Waals surface area contributed by atoms with E-state index in [2.05, 4.69) is 22.8 Å². The van der Waals surface area contributed by atoms with Crippen LogP contribution in [-0.4, -0.2) is 38.1 Å². The van der Waals surface area contributed by atoms with E-state index in [1.54, 1.807) is 0 Å². The predicted octanol–water partition coefficient (Wildman–Crippen LogP) is 2.62. The van der Waals surface area contributed by atoms with Crippen molar-refractivity contribution in [3.63, 3.8) is 0 Å². The van der Waals surface area contributed by atoms with Crippen LogP contribution in [0.15, 0.2) is 18.2 Å². The third-order valence-electron chi connectivity index (χ3n) is 5.69. The van der Waals surface area contributed by atoms with Gasteiger partial charge < -0.3 is 15.4 Å². The fourth-order valence-electron chi connectivity index (χ4n) is 4.14. The summed E-state index contributed by atoms with van der Waals surface area (Å²) in [5.41, 5.74) is 3.41. The fourth-order valence-corrected chi connectivity index (χ4v) is 4.14. The number of nitrogens with one attached hydrogen (secondary N) is 2. The van der Waals surface area contributed by atoms with Gasteiger partial charge in [-0.05, 0) is 74.9 Å². The summed E-state index contributed by atoms with van der Waals surface area (Å²) in [6.07, 6.45) is 7.45. The zero-order valence-electron chi connectivity index (χ0n) is 15.7. The van der Waals surface area contributed by atoms with Crippen molar-refractivity contribution < 1.29 is 14.3 Å². The van der Waals surface area contributed by atoms with Crippen LogP contribution >= 0.6 is 0 Å². The quantitative estimate of drug-likeness (QED) is 0.815. The molecule has 2 N–H and O–H groups in total. The molecule has 3 rings (SSSR count). The minimum absolute atomic E-state index is 0.0230. The maximum Gasteiger partial charge on any atom is 0.308 e. The van der Waals surface area contributed by atoms with Gasteiger partial charge in [-0.15, -0.1) is 0 Å². The highest BCUT2D eigenvalue weighted by atomic mass is 16.5. The Morgan fingerprint density at radius 2 is 1.73 bits per heavy atom. The van der Waals surface area contributed by atoms with Crippen LogP contribution in [0.2, 0.25) is 0 Å². The molecule has 1 aromatic rings. The number of esters is 1. The lowest BCUT2D eigenvalue weighted by molar-refractivity contribution is -0.146. The van der Waals surface area contributed by atoms with Crippen LogP contribution < -0.4 is 10.6 Å². The highest BCUT2D eigenvalue weighted by Gasteiger charge is 2.23. The molecule has 1 saturated carbocycles. The lowest BCUT2D eigenvalue weighted by atomic mass is 9.89. The zero-order valence-corrected chi connectivity index (χ0v) is 15.7. The Morgan fingerprint density at radius 3 is 2.42 bits per heavy atom. The number of hydrogen-bond donors (Lipinski definition) is 2. The molecule has 0 radical (unpaired) electrons. The Labute approximate surface area is 155 Å². The van der Waals surface area contributed by atoms with Crippen molar-refractivity contribution in [1.82, 2.24) is 10.6 Å². The SMILES string of the molecule is COC(=O)C1CCCC(NC(=O)c2ccc3c(c2)CCNCC3)CCC1. The van der Waals surface area contributed by atoms with Crippen molar-refractivity contribution >= 4 is 11.9 Å². The first-order valence-electron chi connectivity index (χ1n) is 9.88. The second kappa shape index (κ2) is 9.17. The van der Waals surface area contributed by atoms with Gasteiger partial charge in [0.15, 0.2) is 0 Å². The number of methoxy groups -OCH3 is 1. The van der Waals surface area contributed by atoms with Crippen LogP contribution in [-0.2, 0) is 22.4 Å². The molecule has 0 bridgehead atoms. The summed E-state index contributed by atoms with van der Waals surface area (Å²) < 4.78 is 4.88. The van der Waals surface area contributed by atoms with Gasteiger partial charge in [0.1, 0.15) is 0 Å². The second-order valence-corrected chi connectivity index (χ2v) is 7.49. The van der Waals surface area contributed by atoms with Crippen LogP contribution in [0.25, 0.3) is 0 Å². The van der Waals surface area contributed by atoms with Crippen molar-refractivity contribution in [2.24, 2.45) is 5.92 Å². The van der Waals surface area contributed by atoms with Crippen molar-refractivity contribution in [3.8, 4) is 0 Å². The Kier molecular flexibility index (Phi) is 6.67. The molecule has 1 aliphatic heterocycles. The zero-order chi connectivity index (χ0) is 18.4. The van der Waals surface area contributed by atoms with Crippen molar-refractivity contribution in [2.75, 3.05) is 20.2 Å². The maximum absolute atomic E-state index is 12.7. The van der Waals surface area contributed by atoms with E-state index in [9.17, 15) is 9.59 Å². The monoisotopic (exact) mass is 358 g/mol. The van der Waals surface area contributed by atoms with Gasteiger partial charge in [-0.1, -0.05) is 18.9 Å². The summed E-state index contributed by atoms with van der Waals surface area (Å²) >= 11 is 0. The van der Waals surface area contributed by atoms with E-state index < -0.39 is 0 Å². The average Bonchev–Trinajstić information content (AvgIpc) is 2.87. The normalized spacial score (nSPS) is 23.7. The van der Waals surface area contributed by atoms with Gasteiger partial charge in [-0.2, -0.15) is 0 Å². The number of hydrogen-bond acceptors (Lipinski definition) is 4. The minimum atomic E-state index is -0.0908. The second-order valence-electron chi connectivity index (χ2n) is 7.49. The summed E-state index contributed by atoms with van der Waals surface area (Å²) in [7, 11) is 1.46. The fraction of sp³-hybridized carbons (Fsp3) is 0.619. The molecule has 0 unspecified atom stereocenters. The van der Waals surface area contributed by atoms with E-state index in [0.717, 1.165) is 70.0 Å². The van der Waals surface area contributed by atoms with Crippen LogP contribution in [0.1, 0.15) is 60.0 Å². The van der Waals surface area contributed by atoms with Crippen LogP contribution in [0, 0.1) is 5.92 Å². The summed E-state index contributed by atoms with van der Waals surface area (Å²) in [5, 5.41) is 6.62. The van der Waals surface area contributed by atoms with E-state index in [-0.39, 0.29) is 23.8 Å². The molecule has 0 spiro atoms. The van der Waals surface area contributed by atoms with E-state index in [1.165, 1.54) is 18.2 Å². The van der Waals surface area contributed by atoms with Crippen molar-refractivity contribution in [1.29, 1.82) is 0 Å². The molecule has 5 heteroatoms. The van der Waals surface area contributed by atoms with E-state index >= 15 is 0 Å². The number of carbonyl (C=O) groups excluding carboxylic acids is 2. The first-order chi connectivity index (χ1) is 12.7. The molecule has 0 atom stereocenters. The molecular weight excluding hydrogens is 328 g/mol. The summed E-state index contributed by atoms with van der Waals surface area (Å²) in [6.45, 7) is 1.98. The molecular formula is C21H30N2O3. The van der Waals surface area contributed by atoms with Crippen molar-refractivity contribution in [2.45, 2.75) is 57.4 Å². The molecule has 0 aromatic heterocycles. The third kappa shape index (κ3) is 4.85. The summed E-state index contributed by atoms with van der Waals surface area (Å²) in [6, 6.07) is 6.32. The summed E-state index contributed by atoms with van der Waals surface area (Å²) in [4.78, 5) is 24.4. The third-order valence-corrected chi connectivity index (χ3v) is 5.69. The topological polar surface area (TPSA) is 67.4 Å². The smallest absolute Gasteiger partial charge is 0.308 e. The van der Waals surface area contributed by atoms with Crippen LogP contribution in [0.3, 0.4) is 0 Å². The van der Waals surface area contributed by atoms with Crippen molar-refractivity contribution in [3.05, 3.63) is 34.9 Å². The van der Waals surface area contributed by atoms with E-state index in [1.807, 2.05) is 6.07 Å². The molecule has 142 valence electrons. The molecule has 26 heavy (non-hydrogen) atoms. The Hall–Kier alpha value is -1.88. The molecule has 1 aromatic carbocycles. The van der Waals surface area contributed by atoms with E-state index in [0.29, 0.717) is 0 Å². The Balaban J connectivity index is 1.56. The van der Waals surface area contributed by atoms with Gasteiger partial charge in [0.05, 0.1) is 13.0 Å². The lowest BCUT2D eigenvalue weighted by Gasteiger charge is -2.24. The number of amides is 1. The number of fused-ring (bicyclic) bond motifs is 1. The first kappa shape index (κ1) is 18.9. The molecule has 5 nitrogen and oxygen atoms in total. The van der Waals surface area contributed by atoms with Crippen LogP contribution in [0.5, 0.6) is 0 Å². The highest BCUT2D eigenvalue weighted by molar-refractivity contribution is 5.94. The standard InChI is InChI=1S/C21H30N2O3/c1-26-21(25)16-4-2-6-19(7-3-5-16)23-20(24)18-9-8-15-10-12-22-13-11-17(15)14-18/h8-9,14,16,19,22H,2-7,10-13H2,1H3,(H,23,24). The Bertz CT molecular complexity index is 634. The van der Waals surface area contributed by atoms with Gasteiger partial charge >= 0.3 is 5.97 Å². The molecule has 1 fully saturated rings. The molecule has 2 aliphatic rings. The maximum atomic E-state index is 12.7. The van der Waals surface area contributed by atoms with Gasteiger partial charge in [0.25, 0.3) is 5.91 Å². The van der Waals surface area contributed by atoms with Gasteiger partial charge in [0, 0.05) is 11.6 Å². The average molecular weight is 358 g/mol. The largest absolute Gasteiger partial charge is 0.469 e. The van der Waals surface area contributed by atoms with Gasteiger partial charge in [-0.25, -0.2) is 0 Å². The van der Waals surface area contributed by atoms with Gasteiger partial charge in [0.2, 0.25) is 0 Å². The lowest BCUT2D eigenvalue weighted by Crippen LogP contribution is -2.36. The Morgan fingerprint density at radius 1 is 1.04 bits per heavy atom. The number of benzene rings is 1.